The summed E-state index contributed by atoms with van der Waals surface area (Å²) in [5, 5.41) is 0. The van der Waals surface area contributed by atoms with Crippen LogP contribution < -0.4 is 19.9 Å². The Morgan fingerprint density at radius 3 is 2.40 bits per heavy atom. The van der Waals surface area contributed by atoms with Crippen molar-refractivity contribution in [3.8, 4) is 23.3 Å². The second-order valence-electron chi connectivity index (χ2n) is 5.78. The summed E-state index contributed by atoms with van der Waals surface area (Å²) >= 11 is 0. The number of alkyl halides is 3. The standard InChI is InChI=1S/C18H12F5N3O4/c1-28-14-5-15(26-17(27)25-14)29-8-9-2-12(19)16(13(20)3-9)30-11-4-10(6-24-7-11)18(21,22)23/h2-7H,8H2,1H3,(H,25,26,27). The van der Waals surface area contributed by atoms with E-state index in [-0.39, 0.29) is 23.9 Å². The third kappa shape index (κ3) is 5.01. The minimum absolute atomic E-state index is 0.0236. The van der Waals surface area contributed by atoms with Gasteiger partial charge in [-0.15, -0.1) is 0 Å². The molecule has 158 valence electrons. The van der Waals surface area contributed by atoms with Crippen molar-refractivity contribution in [2.75, 3.05) is 7.11 Å². The van der Waals surface area contributed by atoms with Crippen LogP contribution in [0.1, 0.15) is 11.1 Å². The number of aromatic nitrogens is 3. The number of nitrogens with one attached hydrogen (secondary N) is 1. The Kier molecular flexibility index (Phi) is 5.85. The fourth-order valence-corrected chi connectivity index (χ4v) is 2.30. The predicted octanol–water partition coefficient (Wildman–Crippen LogP) is 3.84. The van der Waals surface area contributed by atoms with Gasteiger partial charge >= 0.3 is 11.9 Å². The van der Waals surface area contributed by atoms with E-state index in [0.717, 1.165) is 18.3 Å². The van der Waals surface area contributed by atoms with Crippen molar-refractivity contribution in [2.24, 2.45) is 0 Å². The first-order chi connectivity index (χ1) is 14.2. The number of nitrogens with zero attached hydrogens (tertiary/aromatic N) is 2. The molecular weight excluding hydrogens is 417 g/mol. The minimum atomic E-state index is -4.69. The number of hydrogen-bond acceptors (Lipinski definition) is 6. The van der Waals surface area contributed by atoms with Gasteiger partial charge in [-0.25, -0.2) is 13.6 Å². The highest BCUT2D eigenvalue weighted by molar-refractivity contribution is 5.36. The first-order valence-corrected chi connectivity index (χ1v) is 8.12. The SMILES string of the molecule is COc1cc(OCc2cc(F)c(Oc3cncc(C(F)(F)F)c3)c(F)c2)[nH]c(=O)n1. The second-order valence-corrected chi connectivity index (χ2v) is 5.78. The van der Waals surface area contributed by atoms with Gasteiger partial charge < -0.3 is 14.2 Å². The molecule has 0 bridgehead atoms. The van der Waals surface area contributed by atoms with E-state index in [4.69, 9.17) is 14.2 Å². The number of rotatable bonds is 6. The Bertz CT molecular complexity index is 1090. The molecule has 0 aliphatic carbocycles. The van der Waals surface area contributed by atoms with E-state index in [1.165, 1.54) is 13.2 Å². The fraction of sp³-hybridized carbons (Fsp3) is 0.167. The van der Waals surface area contributed by atoms with Gasteiger partial charge in [0, 0.05) is 6.20 Å². The average molecular weight is 429 g/mol. The van der Waals surface area contributed by atoms with E-state index in [1.54, 1.807) is 0 Å². The molecule has 1 N–H and O–H groups in total. The van der Waals surface area contributed by atoms with Crippen molar-refractivity contribution < 1.29 is 36.2 Å². The molecule has 3 rings (SSSR count). The van der Waals surface area contributed by atoms with Crippen molar-refractivity contribution in [2.45, 2.75) is 12.8 Å². The molecule has 0 aliphatic heterocycles. The normalized spacial score (nSPS) is 11.3. The van der Waals surface area contributed by atoms with Crippen LogP contribution in [-0.4, -0.2) is 22.1 Å². The molecule has 0 saturated heterocycles. The minimum Gasteiger partial charge on any atom is -0.481 e. The molecule has 7 nitrogen and oxygen atoms in total. The molecule has 0 fully saturated rings. The molecule has 0 aliphatic rings. The Morgan fingerprint density at radius 1 is 1.07 bits per heavy atom. The summed E-state index contributed by atoms with van der Waals surface area (Å²) in [5.74, 6) is -3.82. The van der Waals surface area contributed by atoms with Crippen LogP contribution in [0.2, 0.25) is 0 Å². The van der Waals surface area contributed by atoms with Gasteiger partial charge in [0.25, 0.3) is 0 Å². The Labute approximate surface area is 165 Å². The lowest BCUT2D eigenvalue weighted by atomic mass is 10.2. The lowest BCUT2D eigenvalue weighted by molar-refractivity contribution is -0.137. The molecule has 0 spiro atoms. The monoisotopic (exact) mass is 429 g/mol. The zero-order chi connectivity index (χ0) is 21.9. The summed E-state index contributed by atoms with van der Waals surface area (Å²) in [7, 11) is 1.29. The van der Waals surface area contributed by atoms with Crippen molar-refractivity contribution in [1.29, 1.82) is 0 Å². The van der Waals surface area contributed by atoms with Gasteiger partial charge in [0.1, 0.15) is 12.4 Å². The van der Waals surface area contributed by atoms with Gasteiger partial charge in [0.2, 0.25) is 11.8 Å². The first kappa shape index (κ1) is 21.0. The highest BCUT2D eigenvalue weighted by atomic mass is 19.4. The van der Waals surface area contributed by atoms with E-state index in [1.807, 2.05) is 0 Å². The number of methoxy groups -OCH3 is 1. The molecule has 2 aromatic heterocycles. The van der Waals surface area contributed by atoms with Crippen molar-refractivity contribution >= 4 is 0 Å². The van der Waals surface area contributed by atoms with E-state index < -0.39 is 40.6 Å². The highest BCUT2D eigenvalue weighted by Gasteiger charge is 2.31. The third-order valence-electron chi connectivity index (χ3n) is 3.62. The topological polar surface area (TPSA) is 86.3 Å². The third-order valence-corrected chi connectivity index (χ3v) is 3.62. The summed E-state index contributed by atoms with van der Waals surface area (Å²) in [4.78, 5) is 20.5. The van der Waals surface area contributed by atoms with Crippen LogP contribution in [-0.2, 0) is 12.8 Å². The predicted molar refractivity (Wildman–Crippen MR) is 91.4 cm³/mol. The van der Waals surface area contributed by atoms with Gasteiger partial charge in [-0.1, -0.05) is 0 Å². The van der Waals surface area contributed by atoms with Gasteiger partial charge in [0.05, 0.1) is 24.9 Å². The summed E-state index contributed by atoms with van der Waals surface area (Å²) < 4.78 is 81.7. The Balaban J connectivity index is 1.77. The molecule has 0 unspecified atom stereocenters. The molecule has 1 aromatic carbocycles. The van der Waals surface area contributed by atoms with Crippen LogP contribution in [0.25, 0.3) is 0 Å². The molecule has 3 aromatic rings. The number of benzene rings is 1. The smallest absolute Gasteiger partial charge is 0.418 e. The number of H-pyrrole nitrogens is 1. The van der Waals surface area contributed by atoms with Crippen LogP contribution in [0, 0.1) is 11.6 Å². The average Bonchev–Trinajstić information content (AvgIpc) is 2.68. The molecule has 0 saturated carbocycles. The first-order valence-electron chi connectivity index (χ1n) is 8.12. The summed E-state index contributed by atoms with van der Waals surface area (Å²) in [5.41, 5.74) is -1.86. The number of ether oxygens (including phenoxy) is 3. The maximum absolute atomic E-state index is 14.3. The zero-order valence-corrected chi connectivity index (χ0v) is 15.1. The van der Waals surface area contributed by atoms with Crippen LogP contribution >= 0.6 is 0 Å². The largest absolute Gasteiger partial charge is 0.481 e. The highest BCUT2D eigenvalue weighted by Crippen LogP contribution is 2.33. The molecule has 0 atom stereocenters. The van der Waals surface area contributed by atoms with Crippen LogP contribution in [0.15, 0.2) is 41.5 Å². The van der Waals surface area contributed by atoms with E-state index in [2.05, 4.69) is 15.0 Å². The molecule has 12 heteroatoms. The summed E-state index contributed by atoms with van der Waals surface area (Å²) in [6.07, 6.45) is -3.25. The molecule has 2 heterocycles. The van der Waals surface area contributed by atoms with E-state index in [0.29, 0.717) is 12.3 Å². The van der Waals surface area contributed by atoms with E-state index >= 15 is 0 Å². The van der Waals surface area contributed by atoms with Crippen LogP contribution in [0.4, 0.5) is 22.0 Å². The Morgan fingerprint density at radius 2 is 1.77 bits per heavy atom. The molecule has 0 radical (unpaired) electrons. The zero-order valence-electron chi connectivity index (χ0n) is 15.1. The van der Waals surface area contributed by atoms with Gasteiger partial charge in [-0.05, 0) is 23.8 Å². The lowest BCUT2D eigenvalue weighted by Gasteiger charge is -2.12. The van der Waals surface area contributed by atoms with Crippen molar-refractivity contribution in [1.82, 2.24) is 15.0 Å². The van der Waals surface area contributed by atoms with Crippen LogP contribution in [0.5, 0.6) is 23.3 Å². The molecular formula is C18H12F5N3O4. The molecule has 30 heavy (non-hydrogen) atoms. The second kappa shape index (κ2) is 8.35. The summed E-state index contributed by atoms with van der Waals surface area (Å²) in [6, 6.07) is 3.56. The quantitative estimate of drug-likeness (QED) is 0.600. The number of pyridine rings is 1. The number of hydrogen-bond donors (Lipinski definition) is 1. The lowest BCUT2D eigenvalue weighted by Crippen LogP contribution is -2.13. The maximum Gasteiger partial charge on any atom is 0.418 e. The summed E-state index contributed by atoms with van der Waals surface area (Å²) in [6.45, 7) is -0.345. The number of aromatic amines is 1. The van der Waals surface area contributed by atoms with Gasteiger partial charge in [0.15, 0.2) is 17.4 Å². The van der Waals surface area contributed by atoms with Gasteiger partial charge in [-0.2, -0.15) is 18.2 Å². The van der Waals surface area contributed by atoms with Crippen molar-refractivity contribution in [3.05, 3.63) is 69.9 Å². The van der Waals surface area contributed by atoms with Crippen LogP contribution in [0.3, 0.4) is 0 Å². The maximum atomic E-state index is 14.3. The van der Waals surface area contributed by atoms with Crippen molar-refractivity contribution in [3.63, 3.8) is 0 Å². The Hall–Kier alpha value is -3.70. The van der Waals surface area contributed by atoms with Gasteiger partial charge in [-0.3, -0.25) is 9.97 Å². The number of halogens is 5. The molecule has 0 amide bonds. The van der Waals surface area contributed by atoms with E-state index in [9.17, 15) is 26.7 Å². The fourth-order valence-electron chi connectivity index (χ4n) is 2.30.